The van der Waals surface area contributed by atoms with Crippen LogP contribution in [0.5, 0.6) is 0 Å². The molecule has 2 heterocycles. The van der Waals surface area contributed by atoms with Crippen molar-refractivity contribution in [2.45, 2.75) is 63.0 Å². The van der Waals surface area contributed by atoms with E-state index in [1.54, 1.807) is 0 Å². The first kappa shape index (κ1) is 18.0. The molecule has 6 heteroatoms. The Hall–Kier alpha value is -1.82. The quantitative estimate of drug-likeness (QED) is 0.744. The molecule has 1 aromatic heterocycles. The van der Waals surface area contributed by atoms with E-state index in [1.807, 2.05) is 43.0 Å². The highest BCUT2D eigenvalue weighted by molar-refractivity contribution is 8.00. The molecule has 0 saturated carbocycles. The average Bonchev–Trinajstić information content (AvgIpc) is 3.09. The summed E-state index contributed by atoms with van der Waals surface area (Å²) in [7, 11) is 0. The van der Waals surface area contributed by atoms with Crippen LogP contribution in [-0.4, -0.2) is 38.8 Å². The fourth-order valence-electron chi connectivity index (χ4n) is 3.33. The lowest BCUT2D eigenvalue weighted by atomic mass is 10.00. The Morgan fingerprint density at radius 3 is 2.92 bits per heavy atom. The van der Waals surface area contributed by atoms with E-state index < -0.39 is 0 Å². The Bertz CT molecular complexity index is 731. The molecule has 0 radical (unpaired) electrons. The molecule has 1 saturated heterocycles. The molecule has 1 aliphatic rings. The van der Waals surface area contributed by atoms with Gasteiger partial charge < -0.3 is 9.32 Å². The average molecular weight is 359 g/mol. The molecule has 2 unspecified atom stereocenters. The van der Waals surface area contributed by atoms with Gasteiger partial charge in [-0.25, -0.2) is 0 Å². The summed E-state index contributed by atoms with van der Waals surface area (Å²) < 4.78 is 5.78. The number of benzene rings is 1. The monoisotopic (exact) mass is 359 g/mol. The molecule has 134 valence electrons. The third-order valence-electron chi connectivity index (χ3n) is 4.79. The van der Waals surface area contributed by atoms with E-state index in [-0.39, 0.29) is 11.2 Å². The minimum absolute atomic E-state index is 0.173. The summed E-state index contributed by atoms with van der Waals surface area (Å²) in [6, 6.07) is 8.28. The number of thioether (sulfide) groups is 1. The first-order chi connectivity index (χ1) is 12.1. The molecule has 0 N–H and O–H groups in total. The molecule has 1 aliphatic heterocycles. The zero-order chi connectivity index (χ0) is 17.8. The largest absolute Gasteiger partial charge is 0.411 e. The molecular formula is C19H25N3O2S. The highest BCUT2D eigenvalue weighted by atomic mass is 32.2. The second-order valence-corrected chi connectivity index (χ2v) is 7.83. The van der Waals surface area contributed by atoms with E-state index in [0.717, 1.165) is 36.9 Å². The summed E-state index contributed by atoms with van der Waals surface area (Å²) in [6.45, 7) is 6.95. The minimum Gasteiger partial charge on any atom is -0.411 e. The molecular weight excluding hydrogens is 334 g/mol. The normalized spacial score (nSPS) is 19.0. The van der Waals surface area contributed by atoms with Gasteiger partial charge in [0.15, 0.2) is 0 Å². The van der Waals surface area contributed by atoms with Gasteiger partial charge in [-0.1, -0.05) is 36.9 Å². The summed E-state index contributed by atoms with van der Waals surface area (Å²) in [4.78, 5) is 14.9. The van der Waals surface area contributed by atoms with Gasteiger partial charge in [-0.2, -0.15) is 0 Å². The highest BCUT2D eigenvalue weighted by Crippen LogP contribution is 2.30. The summed E-state index contributed by atoms with van der Waals surface area (Å²) in [5.74, 6) is 0.678. The molecule has 1 fully saturated rings. The van der Waals surface area contributed by atoms with Crippen LogP contribution in [0.15, 0.2) is 33.9 Å². The maximum absolute atomic E-state index is 12.8. The van der Waals surface area contributed by atoms with Crippen molar-refractivity contribution in [3.63, 3.8) is 0 Å². The number of hydrogen-bond acceptors (Lipinski definition) is 5. The predicted octanol–water partition coefficient (Wildman–Crippen LogP) is 4.32. The second kappa shape index (κ2) is 8.04. The van der Waals surface area contributed by atoms with Crippen LogP contribution in [0.3, 0.4) is 0 Å². The molecule has 2 atom stereocenters. The maximum Gasteiger partial charge on any atom is 0.277 e. The summed E-state index contributed by atoms with van der Waals surface area (Å²) >= 11 is 1.35. The van der Waals surface area contributed by atoms with Gasteiger partial charge in [0.25, 0.3) is 5.22 Å². The van der Waals surface area contributed by atoms with Crippen molar-refractivity contribution in [3.05, 3.63) is 29.8 Å². The van der Waals surface area contributed by atoms with Gasteiger partial charge in [0.05, 0.1) is 5.25 Å². The number of aryl methyl sites for hydroxylation is 1. The lowest BCUT2D eigenvalue weighted by molar-refractivity contribution is -0.134. The van der Waals surface area contributed by atoms with Crippen LogP contribution in [0.2, 0.25) is 0 Å². The molecule has 1 aromatic carbocycles. The SMILES string of the molecule is CCC1CCCCN1C(=O)C(C)Sc1nnc(-c2ccccc2C)o1. The number of likely N-dealkylation sites (tertiary alicyclic amines) is 1. The minimum atomic E-state index is -0.225. The molecule has 2 aromatic rings. The lowest BCUT2D eigenvalue weighted by Gasteiger charge is -2.36. The van der Waals surface area contributed by atoms with Gasteiger partial charge in [-0.05, 0) is 51.2 Å². The van der Waals surface area contributed by atoms with Gasteiger partial charge in [-0.15, -0.1) is 10.2 Å². The van der Waals surface area contributed by atoms with Gasteiger partial charge >= 0.3 is 0 Å². The fourth-order valence-corrected chi connectivity index (χ4v) is 4.08. The topological polar surface area (TPSA) is 59.2 Å². The van der Waals surface area contributed by atoms with Crippen molar-refractivity contribution in [3.8, 4) is 11.5 Å². The first-order valence-corrected chi connectivity index (χ1v) is 9.84. The predicted molar refractivity (Wildman–Crippen MR) is 99.4 cm³/mol. The van der Waals surface area contributed by atoms with E-state index in [9.17, 15) is 4.79 Å². The third-order valence-corrected chi connectivity index (χ3v) is 5.71. The molecule has 0 spiro atoms. The molecule has 5 nitrogen and oxygen atoms in total. The number of piperidine rings is 1. The zero-order valence-corrected chi connectivity index (χ0v) is 15.9. The number of carbonyl (C=O) groups is 1. The van der Waals surface area contributed by atoms with Crippen LogP contribution in [0.25, 0.3) is 11.5 Å². The Kier molecular flexibility index (Phi) is 5.78. The van der Waals surface area contributed by atoms with Gasteiger partial charge in [-0.3, -0.25) is 4.79 Å². The Morgan fingerprint density at radius 2 is 2.16 bits per heavy atom. The van der Waals surface area contributed by atoms with E-state index in [4.69, 9.17) is 4.42 Å². The van der Waals surface area contributed by atoms with Crippen molar-refractivity contribution in [2.75, 3.05) is 6.54 Å². The van der Waals surface area contributed by atoms with Gasteiger partial charge in [0, 0.05) is 18.2 Å². The van der Waals surface area contributed by atoms with Crippen molar-refractivity contribution in [1.82, 2.24) is 15.1 Å². The molecule has 3 rings (SSSR count). The van der Waals surface area contributed by atoms with E-state index in [2.05, 4.69) is 17.1 Å². The molecule has 25 heavy (non-hydrogen) atoms. The van der Waals surface area contributed by atoms with E-state index in [1.165, 1.54) is 18.2 Å². The first-order valence-electron chi connectivity index (χ1n) is 8.96. The van der Waals surface area contributed by atoms with Crippen LogP contribution >= 0.6 is 11.8 Å². The second-order valence-electron chi connectivity index (χ2n) is 6.54. The van der Waals surface area contributed by atoms with Crippen LogP contribution in [0.4, 0.5) is 0 Å². The van der Waals surface area contributed by atoms with Crippen LogP contribution < -0.4 is 0 Å². The summed E-state index contributed by atoms with van der Waals surface area (Å²) in [6.07, 6.45) is 4.43. The highest BCUT2D eigenvalue weighted by Gasteiger charge is 2.30. The third kappa shape index (κ3) is 4.06. The number of nitrogens with zero attached hydrogens (tertiary/aromatic N) is 3. The number of rotatable bonds is 5. The number of amides is 1. The van der Waals surface area contributed by atoms with Crippen LogP contribution in [0.1, 0.15) is 45.1 Å². The number of carbonyl (C=O) groups excluding carboxylic acids is 1. The van der Waals surface area contributed by atoms with Gasteiger partial charge in [0.1, 0.15) is 0 Å². The Morgan fingerprint density at radius 1 is 1.36 bits per heavy atom. The van der Waals surface area contributed by atoms with Crippen LogP contribution in [-0.2, 0) is 4.79 Å². The number of hydrogen-bond donors (Lipinski definition) is 0. The lowest BCUT2D eigenvalue weighted by Crippen LogP contribution is -2.46. The Labute approximate surface area is 153 Å². The van der Waals surface area contributed by atoms with Crippen molar-refractivity contribution in [2.24, 2.45) is 0 Å². The summed E-state index contributed by atoms with van der Waals surface area (Å²) in [5, 5.41) is 8.48. The standard InChI is InChI=1S/C19H25N3O2S/c1-4-15-10-7-8-12-22(15)18(23)14(3)25-19-21-20-17(24-19)16-11-6-5-9-13(16)2/h5-6,9,11,14-15H,4,7-8,10,12H2,1-3H3. The van der Waals surface area contributed by atoms with Crippen molar-refractivity contribution < 1.29 is 9.21 Å². The molecule has 0 aliphatic carbocycles. The van der Waals surface area contributed by atoms with Gasteiger partial charge in [0.2, 0.25) is 11.8 Å². The van der Waals surface area contributed by atoms with Crippen molar-refractivity contribution >= 4 is 17.7 Å². The maximum atomic E-state index is 12.8. The smallest absolute Gasteiger partial charge is 0.277 e. The number of aromatic nitrogens is 2. The molecule has 0 bridgehead atoms. The van der Waals surface area contributed by atoms with Crippen molar-refractivity contribution in [1.29, 1.82) is 0 Å². The van der Waals surface area contributed by atoms with Crippen LogP contribution in [0, 0.1) is 6.92 Å². The molecule has 1 amide bonds. The zero-order valence-electron chi connectivity index (χ0n) is 15.1. The summed E-state index contributed by atoms with van der Waals surface area (Å²) in [5.41, 5.74) is 2.02. The van der Waals surface area contributed by atoms with E-state index in [0.29, 0.717) is 17.2 Å². The Balaban J connectivity index is 1.68. The fraction of sp³-hybridized carbons (Fsp3) is 0.526. The van der Waals surface area contributed by atoms with E-state index >= 15 is 0 Å².